The number of hydrogen-bond acceptors (Lipinski definition) is 3. The molecule has 1 aliphatic heterocycles. The molecule has 1 fully saturated rings. The van der Waals surface area contributed by atoms with E-state index in [-0.39, 0.29) is 24.4 Å². The molecule has 0 spiro atoms. The van der Waals surface area contributed by atoms with E-state index in [0.717, 1.165) is 5.56 Å². The quantitative estimate of drug-likeness (QED) is 0.909. The topological polar surface area (TPSA) is 58.6 Å². The van der Waals surface area contributed by atoms with Crippen molar-refractivity contribution in [3.8, 4) is 0 Å². The molecule has 2 aromatic rings. The van der Waals surface area contributed by atoms with Gasteiger partial charge in [0, 0.05) is 0 Å². The first-order valence-electron chi connectivity index (χ1n) is 8.10. The molecule has 25 heavy (non-hydrogen) atoms. The number of carbonyl (C=O) groups excluding carboxylic acids is 2. The number of hydrogen-bond donors (Lipinski definition) is 1. The zero-order chi connectivity index (χ0) is 17.8. The minimum absolute atomic E-state index is 0.221. The van der Waals surface area contributed by atoms with Crippen molar-refractivity contribution in [2.24, 2.45) is 0 Å². The van der Waals surface area contributed by atoms with Gasteiger partial charge in [0.15, 0.2) is 0 Å². The van der Waals surface area contributed by atoms with Gasteiger partial charge in [-0.1, -0.05) is 42.5 Å². The molecule has 1 aliphatic rings. The summed E-state index contributed by atoms with van der Waals surface area (Å²) in [5.74, 6) is -1.22. The molecule has 1 saturated heterocycles. The predicted molar refractivity (Wildman–Crippen MR) is 90.1 cm³/mol. The Morgan fingerprint density at radius 1 is 1.24 bits per heavy atom. The maximum absolute atomic E-state index is 13.0. The van der Waals surface area contributed by atoms with Gasteiger partial charge in [0.25, 0.3) is 0 Å². The maximum Gasteiger partial charge on any atom is 0.429 e. The first-order chi connectivity index (χ1) is 12.0. The van der Waals surface area contributed by atoms with Gasteiger partial charge in [0.05, 0.1) is 12.0 Å². The Hall–Kier alpha value is -2.89. The summed E-state index contributed by atoms with van der Waals surface area (Å²) in [6, 6.07) is 15.2. The van der Waals surface area contributed by atoms with Gasteiger partial charge in [-0.3, -0.25) is 10.2 Å². The minimum Gasteiger partial charge on any atom is -0.446 e. The van der Waals surface area contributed by atoms with E-state index in [4.69, 9.17) is 4.74 Å². The monoisotopic (exact) mass is 342 g/mol. The number of cyclic esters (lactones) is 1. The van der Waals surface area contributed by atoms with Crippen LogP contribution < -0.4 is 5.43 Å². The van der Waals surface area contributed by atoms with Gasteiger partial charge in [-0.2, -0.15) is 0 Å². The number of carbonyl (C=O) groups is 2. The number of nitrogens with zero attached hydrogens (tertiary/aromatic N) is 1. The normalized spacial score (nSPS) is 17.9. The molecule has 2 amide bonds. The van der Waals surface area contributed by atoms with Gasteiger partial charge in [-0.25, -0.2) is 14.2 Å². The lowest BCUT2D eigenvalue weighted by molar-refractivity contribution is -0.126. The molecule has 0 bridgehead atoms. The highest BCUT2D eigenvalue weighted by Gasteiger charge is 2.35. The van der Waals surface area contributed by atoms with Crippen LogP contribution in [0, 0.1) is 5.82 Å². The fraction of sp³-hybridized carbons (Fsp3) is 0.263. The Balaban J connectivity index is 1.67. The average molecular weight is 342 g/mol. The van der Waals surface area contributed by atoms with Crippen molar-refractivity contribution >= 4 is 12.0 Å². The molecule has 1 N–H and O–H groups in total. The second-order valence-corrected chi connectivity index (χ2v) is 6.04. The van der Waals surface area contributed by atoms with Crippen LogP contribution in [0.2, 0.25) is 0 Å². The molecule has 5 nitrogen and oxygen atoms in total. The minimum atomic E-state index is -0.569. The van der Waals surface area contributed by atoms with E-state index in [2.05, 4.69) is 5.43 Å². The largest absolute Gasteiger partial charge is 0.446 e. The van der Waals surface area contributed by atoms with Crippen molar-refractivity contribution in [1.29, 1.82) is 0 Å². The summed E-state index contributed by atoms with van der Waals surface area (Å²) in [5.41, 5.74) is 4.36. The lowest BCUT2D eigenvalue weighted by atomic mass is 10.0. The highest BCUT2D eigenvalue weighted by molar-refractivity contribution is 5.85. The Morgan fingerprint density at radius 2 is 1.92 bits per heavy atom. The summed E-state index contributed by atoms with van der Waals surface area (Å²) in [6.07, 6.45) is 0.0122. The van der Waals surface area contributed by atoms with Crippen molar-refractivity contribution in [3.63, 3.8) is 0 Å². The highest BCUT2D eigenvalue weighted by Crippen LogP contribution is 2.19. The number of nitrogens with one attached hydrogen (secondary N) is 1. The van der Waals surface area contributed by atoms with Crippen LogP contribution in [0.15, 0.2) is 54.6 Å². The van der Waals surface area contributed by atoms with Gasteiger partial charge in [0.1, 0.15) is 12.4 Å². The van der Waals surface area contributed by atoms with E-state index in [1.807, 2.05) is 30.3 Å². The van der Waals surface area contributed by atoms with Crippen molar-refractivity contribution in [3.05, 3.63) is 71.5 Å². The Kier molecular flexibility index (Phi) is 4.97. The number of amides is 2. The van der Waals surface area contributed by atoms with E-state index in [1.165, 1.54) is 17.1 Å². The second kappa shape index (κ2) is 7.34. The SMILES string of the molecule is CC(C(=O)NN1C(=O)OCC1Cc1ccccc1)c1ccc(F)cc1. The van der Waals surface area contributed by atoms with Crippen molar-refractivity contribution < 1.29 is 18.7 Å². The second-order valence-electron chi connectivity index (χ2n) is 6.04. The fourth-order valence-electron chi connectivity index (χ4n) is 2.75. The summed E-state index contributed by atoms with van der Waals surface area (Å²) in [5, 5.41) is 1.25. The lowest BCUT2D eigenvalue weighted by Gasteiger charge is -2.24. The van der Waals surface area contributed by atoms with Crippen LogP contribution >= 0.6 is 0 Å². The highest BCUT2D eigenvalue weighted by atomic mass is 19.1. The molecular weight excluding hydrogens is 323 g/mol. The molecule has 2 aromatic carbocycles. The molecular formula is C19H19FN2O3. The third-order valence-electron chi connectivity index (χ3n) is 4.27. The summed E-state index contributed by atoms with van der Waals surface area (Å²) < 4.78 is 18.1. The zero-order valence-corrected chi connectivity index (χ0v) is 13.8. The van der Waals surface area contributed by atoms with Gasteiger partial charge in [-0.05, 0) is 36.6 Å². The van der Waals surface area contributed by atoms with E-state index in [9.17, 15) is 14.0 Å². The van der Waals surface area contributed by atoms with Crippen LogP contribution in [-0.4, -0.2) is 29.7 Å². The number of halogens is 1. The Labute approximate surface area is 145 Å². The lowest BCUT2D eigenvalue weighted by Crippen LogP contribution is -2.49. The van der Waals surface area contributed by atoms with Crippen molar-refractivity contribution in [1.82, 2.24) is 10.4 Å². The standard InChI is InChI=1S/C19H19FN2O3/c1-13(15-7-9-16(20)10-8-15)18(23)21-22-17(12-25-19(22)24)11-14-5-3-2-4-6-14/h2-10,13,17H,11-12H2,1H3,(H,21,23). The van der Waals surface area contributed by atoms with Crippen molar-refractivity contribution in [2.75, 3.05) is 6.61 Å². The summed E-state index contributed by atoms with van der Waals surface area (Å²) >= 11 is 0. The molecule has 2 unspecified atom stereocenters. The number of rotatable bonds is 5. The van der Waals surface area contributed by atoms with Crippen LogP contribution in [-0.2, 0) is 16.0 Å². The maximum atomic E-state index is 13.0. The number of ether oxygens (including phenoxy) is 1. The molecule has 1 heterocycles. The van der Waals surface area contributed by atoms with E-state index < -0.39 is 12.0 Å². The predicted octanol–water partition coefficient (Wildman–Crippen LogP) is 3.02. The van der Waals surface area contributed by atoms with Gasteiger partial charge in [-0.15, -0.1) is 0 Å². The average Bonchev–Trinajstić information content (AvgIpc) is 2.96. The first-order valence-corrected chi connectivity index (χ1v) is 8.10. The fourth-order valence-corrected chi connectivity index (χ4v) is 2.75. The van der Waals surface area contributed by atoms with Crippen molar-refractivity contribution in [2.45, 2.75) is 25.3 Å². The number of benzene rings is 2. The summed E-state index contributed by atoms with van der Waals surface area (Å²) in [6.45, 7) is 1.93. The first kappa shape index (κ1) is 17.0. The smallest absolute Gasteiger partial charge is 0.429 e. The Bertz CT molecular complexity index is 749. The zero-order valence-electron chi connectivity index (χ0n) is 13.8. The van der Waals surface area contributed by atoms with E-state index in [1.54, 1.807) is 19.1 Å². The van der Waals surface area contributed by atoms with Gasteiger partial charge < -0.3 is 4.74 Å². The molecule has 0 saturated carbocycles. The molecule has 0 aliphatic carbocycles. The summed E-state index contributed by atoms with van der Waals surface area (Å²) in [7, 11) is 0. The Morgan fingerprint density at radius 3 is 2.60 bits per heavy atom. The third-order valence-corrected chi connectivity index (χ3v) is 4.27. The van der Waals surface area contributed by atoms with E-state index in [0.29, 0.717) is 12.0 Å². The van der Waals surface area contributed by atoms with Crippen LogP contribution in [0.4, 0.5) is 9.18 Å². The van der Waals surface area contributed by atoms with Gasteiger partial charge >= 0.3 is 6.09 Å². The molecule has 130 valence electrons. The molecule has 2 atom stereocenters. The summed E-state index contributed by atoms with van der Waals surface area (Å²) in [4.78, 5) is 24.4. The van der Waals surface area contributed by atoms with Crippen LogP contribution in [0.3, 0.4) is 0 Å². The molecule has 0 radical (unpaired) electrons. The van der Waals surface area contributed by atoms with Crippen LogP contribution in [0.5, 0.6) is 0 Å². The van der Waals surface area contributed by atoms with E-state index >= 15 is 0 Å². The molecule has 3 rings (SSSR count). The number of hydrazine groups is 1. The molecule has 0 aromatic heterocycles. The van der Waals surface area contributed by atoms with Crippen LogP contribution in [0.1, 0.15) is 24.0 Å². The van der Waals surface area contributed by atoms with Crippen LogP contribution in [0.25, 0.3) is 0 Å². The molecule has 6 heteroatoms. The third kappa shape index (κ3) is 3.96. The van der Waals surface area contributed by atoms with Gasteiger partial charge in [0.2, 0.25) is 5.91 Å².